The quantitative estimate of drug-likeness (QED) is 0.881. The van der Waals surface area contributed by atoms with Gasteiger partial charge in [0.2, 0.25) is 0 Å². The van der Waals surface area contributed by atoms with Gasteiger partial charge in [0, 0.05) is 16.1 Å². The Morgan fingerprint density at radius 2 is 1.69 bits per heavy atom. The molecular formula is C12H15Cl2NO. The molecule has 1 aliphatic carbocycles. The van der Waals surface area contributed by atoms with Crippen molar-refractivity contribution < 1.29 is 4.74 Å². The molecule has 4 heteroatoms. The lowest BCUT2D eigenvalue weighted by Crippen LogP contribution is -2.41. The van der Waals surface area contributed by atoms with E-state index in [-0.39, 0.29) is 12.1 Å². The SMILES string of the molecule is NC1CCCCC1Oc1cc(Cl)cc(Cl)c1. The van der Waals surface area contributed by atoms with Crippen LogP contribution in [0.1, 0.15) is 25.7 Å². The molecule has 1 aliphatic rings. The Hall–Kier alpha value is -0.440. The number of ether oxygens (including phenoxy) is 1. The molecule has 0 amide bonds. The number of hydrogen-bond donors (Lipinski definition) is 1. The summed E-state index contributed by atoms with van der Waals surface area (Å²) in [7, 11) is 0. The topological polar surface area (TPSA) is 35.2 Å². The van der Waals surface area contributed by atoms with E-state index in [9.17, 15) is 0 Å². The van der Waals surface area contributed by atoms with Crippen LogP contribution in [0.4, 0.5) is 0 Å². The van der Waals surface area contributed by atoms with E-state index in [0.717, 1.165) is 12.8 Å². The van der Waals surface area contributed by atoms with Gasteiger partial charge in [-0.3, -0.25) is 0 Å². The maximum atomic E-state index is 6.01. The Balaban J connectivity index is 2.07. The Morgan fingerprint density at radius 1 is 1.06 bits per heavy atom. The second kappa shape index (κ2) is 5.26. The van der Waals surface area contributed by atoms with E-state index in [4.69, 9.17) is 33.7 Å². The number of benzene rings is 1. The standard InChI is InChI=1S/C12H15Cl2NO/c13-8-5-9(14)7-10(6-8)16-12-4-2-1-3-11(12)15/h5-7,11-12H,1-4,15H2. The fourth-order valence-electron chi connectivity index (χ4n) is 2.04. The molecule has 0 aliphatic heterocycles. The Labute approximate surface area is 106 Å². The van der Waals surface area contributed by atoms with Crippen molar-refractivity contribution in [3.05, 3.63) is 28.2 Å². The average molecular weight is 260 g/mol. The summed E-state index contributed by atoms with van der Waals surface area (Å²) in [6.07, 6.45) is 4.48. The number of halogens is 2. The molecule has 2 rings (SSSR count). The van der Waals surface area contributed by atoms with Gasteiger partial charge in [-0.1, -0.05) is 29.6 Å². The van der Waals surface area contributed by atoms with Gasteiger partial charge in [-0.25, -0.2) is 0 Å². The zero-order valence-electron chi connectivity index (χ0n) is 8.96. The summed E-state index contributed by atoms with van der Waals surface area (Å²) in [6, 6.07) is 5.35. The van der Waals surface area contributed by atoms with Crippen LogP contribution in [-0.4, -0.2) is 12.1 Å². The summed E-state index contributed by atoms with van der Waals surface area (Å²) < 4.78 is 5.84. The van der Waals surface area contributed by atoms with Gasteiger partial charge in [0.25, 0.3) is 0 Å². The molecule has 0 aromatic heterocycles. The van der Waals surface area contributed by atoms with Crippen molar-refractivity contribution in [1.82, 2.24) is 0 Å². The summed E-state index contributed by atoms with van der Waals surface area (Å²) >= 11 is 11.8. The summed E-state index contributed by atoms with van der Waals surface area (Å²) in [5.41, 5.74) is 6.01. The first-order chi connectivity index (χ1) is 7.65. The van der Waals surface area contributed by atoms with Crippen LogP contribution < -0.4 is 10.5 Å². The van der Waals surface area contributed by atoms with Gasteiger partial charge >= 0.3 is 0 Å². The van der Waals surface area contributed by atoms with Crippen molar-refractivity contribution in [2.24, 2.45) is 5.73 Å². The molecule has 1 saturated carbocycles. The van der Waals surface area contributed by atoms with Crippen LogP contribution in [0.15, 0.2) is 18.2 Å². The number of hydrogen-bond acceptors (Lipinski definition) is 2. The van der Waals surface area contributed by atoms with Gasteiger partial charge in [-0.15, -0.1) is 0 Å². The molecule has 0 radical (unpaired) electrons. The summed E-state index contributed by atoms with van der Waals surface area (Å²) in [5.74, 6) is 0.708. The molecule has 0 saturated heterocycles. The highest BCUT2D eigenvalue weighted by Gasteiger charge is 2.23. The zero-order valence-corrected chi connectivity index (χ0v) is 10.5. The van der Waals surface area contributed by atoms with Gasteiger partial charge in [-0.2, -0.15) is 0 Å². The molecule has 88 valence electrons. The van der Waals surface area contributed by atoms with Crippen LogP contribution >= 0.6 is 23.2 Å². The van der Waals surface area contributed by atoms with Gasteiger partial charge in [0.15, 0.2) is 0 Å². The molecule has 0 bridgehead atoms. The van der Waals surface area contributed by atoms with E-state index >= 15 is 0 Å². The Bertz CT molecular complexity index is 350. The van der Waals surface area contributed by atoms with Crippen molar-refractivity contribution in [2.45, 2.75) is 37.8 Å². The molecule has 2 unspecified atom stereocenters. The Kier molecular flexibility index (Phi) is 3.95. The first kappa shape index (κ1) is 12.0. The van der Waals surface area contributed by atoms with Gasteiger partial charge < -0.3 is 10.5 Å². The molecule has 1 aromatic carbocycles. The normalized spacial score (nSPS) is 25.4. The average Bonchev–Trinajstić information content (AvgIpc) is 2.20. The fourth-order valence-corrected chi connectivity index (χ4v) is 2.55. The van der Waals surface area contributed by atoms with Crippen LogP contribution in [0.3, 0.4) is 0 Å². The monoisotopic (exact) mass is 259 g/mol. The first-order valence-electron chi connectivity index (χ1n) is 5.53. The molecule has 1 aromatic rings. The minimum absolute atomic E-state index is 0.0864. The van der Waals surface area contributed by atoms with Crippen LogP contribution in [0.2, 0.25) is 10.0 Å². The molecule has 2 N–H and O–H groups in total. The Morgan fingerprint density at radius 3 is 2.31 bits per heavy atom. The second-order valence-corrected chi connectivity index (χ2v) is 5.08. The fraction of sp³-hybridized carbons (Fsp3) is 0.500. The maximum absolute atomic E-state index is 6.01. The largest absolute Gasteiger partial charge is 0.489 e. The van der Waals surface area contributed by atoms with E-state index in [1.165, 1.54) is 12.8 Å². The summed E-state index contributed by atoms with van der Waals surface area (Å²) in [6.45, 7) is 0. The lowest BCUT2D eigenvalue weighted by molar-refractivity contribution is 0.132. The van der Waals surface area contributed by atoms with Gasteiger partial charge in [0.1, 0.15) is 11.9 Å². The molecule has 0 spiro atoms. The number of nitrogens with two attached hydrogens (primary N) is 1. The van der Waals surface area contributed by atoms with Crippen LogP contribution in [0.5, 0.6) is 5.75 Å². The van der Waals surface area contributed by atoms with E-state index < -0.39 is 0 Å². The van der Waals surface area contributed by atoms with E-state index in [1.54, 1.807) is 18.2 Å². The van der Waals surface area contributed by atoms with E-state index in [1.807, 2.05) is 0 Å². The van der Waals surface area contributed by atoms with Crippen molar-refractivity contribution in [1.29, 1.82) is 0 Å². The van der Waals surface area contributed by atoms with E-state index in [2.05, 4.69) is 0 Å². The summed E-state index contributed by atoms with van der Waals surface area (Å²) in [4.78, 5) is 0. The maximum Gasteiger partial charge on any atom is 0.122 e. The molecular weight excluding hydrogens is 245 g/mol. The van der Waals surface area contributed by atoms with Crippen LogP contribution in [0, 0.1) is 0 Å². The molecule has 2 nitrogen and oxygen atoms in total. The number of rotatable bonds is 2. The molecule has 2 atom stereocenters. The zero-order chi connectivity index (χ0) is 11.5. The van der Waals surface area contributed by atoms with Crippen LogP contribution in [0.25, 0.3) is 0 Å². The third-order valence-electron chi connectivity index (χ3n) is 2.88. The highest BCUT2D eigenvalue weighted by molar-refractivity contribution is 6.34. The van der Waals surface area contributed by atoms with Crippen molar-refractivity contribution in [3.8, 4) is 5.75 Å². The van der Waals surface area contributed by atoms with Gasteiger partial charge in [-0.05, 0) is 37.5 Å². The second-order valence-electron chi connectivity index (χ2n) is 4.21. The lowest BCUT2D eigenvalue weighted by atomic mass is 9.93. The first-order valence-corrected chi connectivity index (χ1v) is 6.29. The lowest BCUT2D eigenvalue weighted by Gasteiger charge is -2.29. The highest BCUT2D eigenvalue weighted by Crippen LogP contribution is 2.28. The minimum atomic E-state index is 0.0864. The van der Waals surface area contributed by atoms with Crippen molar-refractivity contribution in [2.75, 3.05) is 0 Å². The predicted molar refractivity (Wildman–Crippen MR) is 67.3 cm³/mol. The third-order valence-corrected chi connectivity index (χ3v) is 3.31. The van der Waals surface area contributed by atoms with Gasteiger partial charge in [0.05, 0.1) is 0 Å². The third kappa shape index (κ3) is 3.03. The van der Waals surface area contributed by atoms with Crippen LogP contribution in [-0.2, 0) is 0 Å². The molecule has 16 heavy (non-hydrogen) atoms. The molecule has 0 heterocycles. The summed E-state index contributed by atoms with van der Waals surface area (Å²) in [5, 5.41) is 1.18. The van der Waals surface area contributed by atoms with E-state index in [0.29, 0.717) is 15.8 Å². The minimum Gasteiger partial charge on any atom is -0.489 e. The highest BCUT2D eigenvalue weighted by atomic mass is 35.5. The molecule has 1 fully saturated rings. The van der Waals surface area contributed by atoms with Crippen molar-refractivity contribution >= 4 is 23.2 Å². The smallest absolute Gasteiger partial charge is 0.122 e. The van der Waals surface area contributed by atoms with Crippen molar-refractivity contribution in [3.63, 3.8) is 0 Å². The predicted octanol–water partition coefficient (Wildman–Crippen LogP) is 3.64.